The van der Waals surface area contributed by atoms with Crippen molar-refractivity contribution in [2.75, 3.05) is 0 Å². The van der Waals surface area contributed by atoms with Gasteiger partial charge in [0.25, 0.3) is 5.91 Å². The molecule has 3 rings (SSSR count). The van der Waals surface area contributed by atoms with Gasteiger partial charge in [-0.1, -0.05) is 6.42 Å². The third-order valence-electron chi connectivity index (χ3n) is 5.09. The summed E-state index contributed by atoms with van der Waals surface area (Å²) in [6, 6.07) is 3.79. The molecule has 1 aliphatic carbocycles. The van der Waals surface area contributed by atoms with Gasteiger partial charge in [0.1, 0.15) is 11.4 Å². The second-order valence-corrected chi connectivity index (χ2v) is 6.94. The van der Waals surface area contributed by atoms with E-state index < -0.39 is 5.60 Å². The Morgan fingerprint density at radius 2 is 2.08 bits per heavy atom. The van der Waals surface area contributed by atoms with Crippen LogP contribution in [0.1, 0.15) is 58.1 Å². The zero-order chi connectivity index (χ0) is 17.2. The lowest BCUT2D eigenvalue weighted by molar-refractivity contribution is -0.149. The minimum absolute atomic E-state index is 0.000701. The van der Waals surface area contributed by atoms with Crippen LogP contribution in [0.25, 0.3) is 0 Å². The normalized spacial score (nSPS) is 21.0. The molecule has 0 aromatic carbocycles. The van der Waals surface area contributed by atoms with Crippen LogP contribution in [0.15, 0.2) is 34.0 Å². The molecule has 1 saturated carbocycles. The van der Waals surface area contributed by atoms with Crippen LogP contribution in [0.5, 0.6) is 0 Å². The van der Waals surface area contributed by atoms with E-state index in [1.54, 1.807) is 13.2 Å². The van der Waals surface area contributed by atoms with Gasteiger partial charge in [-0.05, 0) is 58.1 Å². The van der Waals surface area contributed by atoms with Gasteiger partial charge in [-0.2, -0.15) is 0 Å². The number of rotatable bonds is 5. The third kappa shape index (κ3) is 3.25. The number of hydrogen-bond donors (Lipinski definition) is 1. The van der Waals surface area contributed by atoms with Crippen LogP contribution in [0, 0.1) is 0 Å². The molecular formula is C19H25NO4. The molecule has 1 aliphatic heterocycles. The first-order valence-corrected chi connectivity index (χ1v) is 8.80. The molecule has 1 aromatic rings. The summed E-state index contributed by atoms with van der Waals surface area (Å²) < 4.78 is 11.0. The van der Waals surface area contributed by atoms with E-state index in [2.05, 4.69) is 5.32 Å². The number of furan rings is 1. The molecule has 130 valence electrons. The van der Waals surface area contributed by atoms with E-state index in [4.69, 9.17) is 9.15 Å². The van der Waals surface area contributed by atoms with Crippen LogP contribution in [-0.4, -0.2) is 23.5 Å². The maximum absolute atomic E-state index is 12.8. The molecule has 1 atom stereocenters. The van der Waals surface area contributed by atoms with Crippen molar-refractivity contribution in [3.8, 4) is 0 Å². The zero-order valence-electron chi connectivity index (χ0n) is 14.4. The number of aryl methyl sites for hydroxylation is 1. The summed E-state index contributed by atoms with van der Waals surface area (Å²) in [5, 5.41) is 3.04. The van der Waals surface area contributed by atoms with E-state index in [0.29, 0.717) is 11.1 Å². The Balaban J connectivity index is 1.66. The Labute approximate surface area is 142 Å². The fraction of sp³-hybridized carbons (Fsp3) is 0.579. The highest BCUT2D eigenvalue weighted by Crippen LogP contribution is 2.43. The van der Waals surface area contributed by atoms with Gasteiger partial charge in [0.2, 0.25) is 0 Å². The fourth-order valence-electron chi connectivity index (χ4n) is 3.78. The quantitative estimate of drug-likeness (QED) is 0.841. The Bertz CT molecular complexity index is 638. The summed E-state index contributed by atoms with van der Waals surface area (Å²) in [5.41, 5.74) is 0.328. The predicted octanol–water partition coefficient (Wildman–Crippen LogP) is 3.29. The van der Waals surface area contributed by atoms with Crippen molar-refractivity contribution in [1.29, 1.82) is 0 Å². The topological polar surface area (TPSA) is 68.5 Å². The fourth-order valence-corrected chi connectivity index (χ4v) is 3.78. The molecule has 24 heavy (non-hydrogen) atoms. The van der Waals surface area contributed by atoms with E-state index >= 15 is 0 Å². The number of hydrogen-bond acceptors (Lipinski definition) is 4. The molecule has 5 heteroatoms. The van der Waals surface area contributed by atoms with Gasteiger partial charge in [0, 0.05) is 18.0 Å². The largest absolute Gasteiger partial charge is 0.469 e. The highest BCUT2D eigenvalue weighted by molar-refractivity contribution is 6.07. The second kappa shape index (κ2) is 6.83. The van der Waals surface area contributed by atoms with Crippen molar-refractivity contribution in [1.82, 2.24) is 5.32 Å². The number of esters is 1. The molecule has 2 aliphatic rings. The van der Waals surface area contributed by atoms with E-state index in [-0.39, 0.29) is 17.9 Å². The summed E-state index contributed by atoms with van der Waals surface area (Å²) >= 11 is 0. The first-order chi connectivity index (χ1) is 11.5. The second-order valence-electron chi connectivity index (χ2n) is 6.94. The van der Waals surface area contributed by atoms with Gasteiger partial charge < -0.3 is 14.5 Å². The molecule has 1 N–H and O–H groups in total. The average molecular weight is 331 g/mol. The third-order valence-corrected chi connectivity index (χ3v) is 5.09. The van der Waals surface area contributed by atoms with Crippen LogP contribution < -0.4 is 5.32 Å². The predicted molar refractivity (Wildman–Crippen MR) is 89.2 cm³/mol. The highest BCUT2D eigenvalue weighted by Gasteiger charge is 2.49. The van der Waals surface area contributed by atoms with E-state index in [0.717, 1.165) is 50.7 Å². The van der Waals surface area contributed by atoms with E-state index in [9.17, 15) is 9.59 Å². The van der Waals surface area contributed by atoms with Gasteiger partial charge >= 0.3 is 5.97 Å². The Kier molecular flexibility index (Phi) is 4.78. The minimum Gasteiger partial charge on any atom is -0.469 e. The lowest BCUT2D eigenvalue weighted by Crippen LogP contribution is -2.43. The summed E-state index contributed by atoms with van der Waals surface area (Å²) in [4.78, 5) is 24.9. The number of carbonyl (C=O) groups excluding carboxylic acids is 2. The SMILES string of the molecule is CC1=C(C(=O)NC(C)CCc2ccco2)C2(CCCCC2)OC1=O. The van der Waals surface area contributed by atoms with E-state index in [1.807, 2.05) is 19.1 Å². The molecule has 2 heterocycles. The van der Waals surface area contributed by atoms with Crippen molar-refractivity contribution >= 4 is 11.9 Å². The van der Waals surface area contributed by atoms with Gasteiger partial charge in [-0.3, -0.25) is 4.79 Å². The number of ether oxygens (including phenoxy) is 1. The summed E-state index contributed by atoms with van der Waals surface area (Å²) in [7, 11) is 0. The average Bonchev–Trinajstić information content (AvgIpc) is 3.14. The number of nitrogens with one attached hydrogen (secondary N) is 1. The minimum atomic E-state index is -0.690. The van der Waals surface area contributed by atoms with E-state index in [1.165, 1.54) is 0 Å². The molecule has 1 spiro atoms. The van der Waals surface area contributed by atoms with Gasteiger partial charge in [-0.15, -0.1) is 0 Å². The molecule has 0 bridgehead atoms. The monoisotopic (exact) mass is 331 g/mol. The first kappa shape index (κ1) is 16.8. The van der Waals surface area contributed by atoms with Gasteiger partial charge in [0.15, 0.2) is 0 Å². The van der Waals surface area contributed by atoms with Crippen LogP contribution in [-0.2, 0) is 20.7 Å². The Morgan fingerprint density at radius 1 is 1.33 bits per heavy atom. The maximum atomic E-state index is 12.8. The van der Waals surface area contributed by atoms with Crippen molar-refractivity contribution in [3.63, 3.8) is 0 Å². The smallest absolute Gasteiger partial charge is 0.335 e. The van der Waals surface area contributed by atoms with Gasteiger partial charge in [0.05, 0.1) is 11.8 Å². The van der Waals surface area contributed by atoms with Gasteiger partial charge in [-0.25, -0.2) is 4.79 Å². The maximum Gasteiger partial charge on any atom is 0.335 e. The van der Waals surface area contributed by atoms with Crippen LogP contribution in [0.4, 0.5) is 0 Å². The highest BCUT2D eigenvalue weighted by atomic mass is 16.6. The van der Waals surface area contributed by atoms with Crippen molar-refractivity contribution in [3.05, 3.63) is 35.3 Å². The summed E-state index contributed by atoms with van der Waals surface area (Å²) in [5.74, 6) is 0.409. The molecule has 1 unspecified atom stereocenters. The Hall–Kier alpha value is -2.04. The number of amides is 1. The molecule has 1 aromatic heterocycles. The molecule has 1 fully saturated rings. The molecular weight excluding hydrogens is 306 g/mol. The molecule has 0 radical (unpaired) electrons. The van der Waals surface area contributed by atoms with Crippen molar-refractivity contribution in [2.45, 2.75) is 70.4 Å². The standard InChI is InChI=1S/C19H25NO4/c1-13(8-9-15-7-6-12-23-15)20-17(21)16-14(2)18(22)24-19(16)10-4-3-5-11-19/h6-7,12-13H,3-5,8-11H2,1-2H3,(H,20,21). The van der Waals surface area contributed by atoms with Crippen molar-refractivity contribution < 1.29 is 18.7 Å². The summed E-state index contributed by atoms with van der Waals surface area (Å²) in [6.07, 6.45) is 7.82. The number of carbonyl (C=O) groups is 2. The van der Waals surface area contributed by atoms with Crippen LogP contribution in [0.2, 0.25) is 0 Å². The molecule has 1 amide bonds. The molecule has 0 saturated heterocycles. The zero-order valence-corrected chi connectivity index (χ0v) is 14.4. The Morgan fingerprint density at radius 3 is 2.75 bits per heavy atom. The lowest BCUT2D eigenvalue weighted by Gasteiger charge is -2.34. The van der Waals surface area contributed by atoms with Crippen LogP contribution >= 0.6 is 0 Å². The van der Waals surface area contributed by atoms with Crippen molar-refractivity contribution in [2.24, 2.45) is 0 Å². The van der Waals surface area contributed by atoms with Crippen LogP contribution in [0.3, 0.4) is 0 Å². The molecule has 5 nitrogen and oxygen atoms in total. The first-order valence-electron chi connectivity index (χ1n) is 8.80. The summed E-state index contributed by atoms with van der Waals surface area (Å²) in [6.45, 7) is 3.68. The lowest BCUT2D eigenvalue weighted by atomic mass is 9.78.